The van der Waals surface area contributed by atoms with Crippen LogP contribution in [0.15, 0.2) is 36.9 Å². The molecule has 1 saturated heterocycles. The highest BCUT2D eigenvalue weighted by Crippen LogP contribution is 2.38. The summed E-state index contributed by atoms with van der Waals surface area (Å²) in [7, 11) is 0. The third-order valence-corrected chi connectivity index (χ3v) is 3.86. The van der Waals surface area contributed by atoms with Gasteiger partial charge in [0.2, 0.25) is 0 Å². The molecule has 21 heavy (non-hydrogen) atoms. The molecule has 0 bridgehead atoms. The highest BCUT2D eigenvalue weighted by molar-refractivity contribution is 5.32. The first-order valence-corrected chi connectivity index (χ1v) is 7.26. The predicted octanol–water partition coefficient (Wildman–Crippen LogP) is 3.62. The van der Waals surface area contributed by atoms with E-state index in [1.54, 1.807) is 18.2 Å². The first-order valence-electron chi connectivity index (χ1n) is 7.26. The van der Waals surface area contributed by atoms with Crippen LogP contribution in [-0.4, -0.2) is 31.1 Å². The average molecular weight is 298 g/mol. The van der Waals surface area contributed by atoms with Gasteiger partial charge in [-0.2, -0.15) is 13.2 Å². The SMILES string of the molecule is C=CCC[C@H](c1ccccc1C(F)(F)F)N1CCNCC1. The maximum absolute atomic E-state index is 13.2. The number of nitrogens with one attached hydrogen (secondary N) is 1. The van der Waals surface area contributed by atoms with Crippen molar-refractivity contribution in [1.82, 2.24) is 10.2 Å². The Morgan fingerprint density at radius 3 is 2.52 bits per heavy atom. The molecule has 1 aliphatic heterocycles. The van der Waals surface area contributed by atoms with Crippen molar-refractivity contribution in [2.75, 3.05) is 26.2 Å². The van der Waals surface area contributed by atoms with E-state index in [1.807, 2.05) is 0 Å². The second-order valence-corrected chi connectivity index (χ2v) is 5.25. The molecule has 1 fully saturated rings. The Labute approximate surface area is 123 Å². The summed E-state index contributed by atoms with van der Waals surface area (Å²) >= 11 is 0. The Morgan fingerprint density at radius 2 is 1.90 bits per heavy atom. The number of hydrogen-bond acceptors (Lipinski definition) is 2. The Bertz CT molecular complexity index is 465. The van der Waals surface area contributed by atoms with Crippen molar-refractivity contribution in [3.63, 3.8) is 0 Å². The molecule has 0 saturated carbocycles. The molecule has 2 nitrogen and oxygen atoms in total. The normalized spacial score (nSPS) is 18.4. The topological polar surface area (TPSA) is 15.3 Å². The fraction of sp³-hybridized carbons (Fsp3) is 0.500. The number of hydrogen-bond donors (Lipinski definition) is 1. The molecule has 0 aromatic heterocycles. The van der Waals surface area contributed by atoms with Crippen LogP contribution >= 0.6 is 0 Å². The molecular weight excluding hydrogens is 277 g/mol. The van der Waals surface area contributed by atoms with E-state index >= 15 is 0 Å². The third kappa shape index (κ3) is 4.08. The molecule has 1 atom stereocenters. The number of nitrogens with zero attached hydrogens (tertiary/aromatic N) is 1. The van der Waals surface area contributed by atoms with Gasteiger partial charge in [-0.1, -0.05) is 24.3 Å². The van der Waals surface area contributed by atoms with Crippen molar-refractivity contribution < 1.29 is 13.2 Å². The van der Waals surface area contributed by atoms with Crippen LogP contribution in [0.4, 0.5) is 13.2 Å². The number of piperazine rings is 1. The molecule has 0 amide bonds. The lowest BCUT2D eigenvalue weighted by atomic mass is 9.94. The molecule has 1 N–H and O–H groups in total. The Hall–Kier alpha value is -1.33. The van der Waals surface area contributed by atoms with Crippen LogP contribution in [0.5, 0.6) is 0 Å². The second kappa shape index (κ2) is 7.09. The fourth-order valence-corrected chi connectivity index (χ4v) is 2.85. The molecule has 1 heterocycles. The van der Waals surface area contributed by atoms with Crippen LogP contribution in [0.3, 0.4) is 0 Å². The minimum Gasteiger partial charge on any atom is -0.314 e. The highest BCUT2D eigenvalue weighted by Gasteiger charge is 2.36. The quantitative estimate of drug-likeness (QED) is 0.835. The van der Waals surface area contributed by atoms with E-state index in [9.17, 15) is 13.2 Å². The van der Waals surface area contributed by atoms with Gasteiger partial charge in [0.1, 0.15) is 0 Å². The Morgan fingerprint density at radius 1 is 1.24 bits per heavy atom. The molecule has 0 aliphatic carbocycles. The first kappa shape index (κ1) is 16.0. The van der Waals surface area contributed by atoms with Crippen LogP contribution in [-0.2, 0) is 6.18 Å². The van der Waals surface area contributed by atoms with Gasteiger partial charge in [-0.15, -0.1) is 6.58 Å². The summed E-state index contributed by atoms with van der Waals surface area (Å²) in [6.07, 6.45) is -1.17. The summed E-state index contributed by atoms with van der Waals surface area (Å²) in [5, 5.41) is 3.24. The Balaban J connectivity index is 2.33. The van der Waals surface area contributed by atoms with Crippen molar-refractivity contribution in [2.45, 2.75) is 25.1 Å². The van der Waals surface area contributed by atoms with E-state index in [-0.39, 0.29) is 6.04 Å². The minimum atomic E-state index is -4.31. The monoisotopic (exact) mass is 298 g/mol. The first-order chi connectivity index (χ1) is 10.0. The average Bonchev–Trinajstić information content (AvgIpc) is 2.48. The van der Waals surface area contributed by atoms with Crippen molar-refractivity contribution in [3.8, 4) is 0 Å². The molecule has 2 rings (SSSR count). The maximum atomic E-state index is 13.2. The van der Waals surface area contributed by atoms with Crippen LogP contribution < -0.4 is 5.32 Å². The van der Waals surface area contributed by atoms with Crippen LogP contribution in [0.25, 0.3) is 0 Å². The zero-order valence-corrected chi connectivity index (χ0v) is 12.0. The largest absolute Gasteiger partial charge is 0.416 e. The number of benzene rings is 1. The molecule has 116 valence electrons. The number of allylic oxidation sites excluding steroid dienone is 1. The standard InChI is InChI=1S/C16H21F3N2/c1-2-3-8-15(21-11-9-20-10-12-21)13-6-4-5-7-14(13)16(17,18)19/h2,4-7,15,20H,1,3,8-12H2/t15-/m1/s1. The second-order valence-electron chi connectivity index (χ2n) is 5.25. The van der Waals surface area contributed by atoms with Gasteiger partial charge in [0.15, 0.2) is 0 Å². The van der Waals surface area contributed by atoms with Gasteiger partial charge in [-0.05, 0) is 24.5 Å². The van der Waals surface area contributed by atoms with Gasteiger partial charge in [-0.25, -0.2) is 0 Å². The van der Waals surface area contributed by atoms with E-state index in [0.29, 0.717) is 18.4 Å². The number of halogens is 3. The van der Waals surface area contributed by atoms with Gasteiger partial charge in [0, 0.05) is 32.2 Å². The summed E-state index contributed by atoms with van der Waals surface area (Å²) in [6, 6.07) is 5.72. The van der Waals surface area contributed by atoms with Crippen molar-refractivity contribution in [1.29, 1.82) is 0 Å². The van der Waals surface area contributed by atoms with Crippen molar-refractivity contribution >= 4 is 0 Å². The van der Waals surface area contributed by atoms with E-state index in [1.165, 1.54) is 12.1 Å². The maximum Gasteiger partial charge on any atom is 0.416 e. The summed E-state index contributed by atoms with van der Waals surface area (Å²) < 4.78 is 39.7. The number of alkyl halides is 3. The van der Waals surface area contributed by atoms with Crippen LogP contribution in [0, 0.1) is 0 Å². The predicted molar refractivity (Wildman–Crippen MR) is 78.1 cm³/mol. The molecular formula is C16H21F3N2. The molecule has 1 aliphatic rings. The van der Waals surface area contributed by atoms with Crippen LogP contribution in [0.2, 0.25) is 0 Å². The molecule has 1 aromatic carbocycles. The van der Waals surface area contributed by atoms with Crippen molar-refractivity contribution in [3.05, 3.63) is 48.0 Å². The number of rotatable bonds is 5. The summed E-state index contributed by atoms with van der Waals surface area (Å²) in [5.74, 6) is 0. The lowest BCUT2D eigenvalue weighted by Gasteiger charge is -2.36. The smallest absolute Gasteiger partial charge is 0.314 e. The van der Waals surface area contributed by atoms with Gasteiger partial charge in [0.25, 0.3) is 0 Å². The van der Waals surface area contributed by atoms with Gasteiger partial charge in [0.05, 0.1) is 5.56 Å². The fourth-order valence-electron chi connectivity index (χ4n) is 2.85. The van der Waals surface area contributed by atoms with E-state index in [0.717, 1.165) is 26.2 Å². The zero-order valence-electron chi connectivity index (χ0n) is 12.0. The van der Waals surface area contributed by atoms with E-state index < -0.39 is 11.7 Å². The molecule has 0 radical (unpaired) electrons. The minimum absolute atomic E-state index is 0.206. The molecule has 1 aromatic rings. The molecule has 0 spiro atoms. The summed E-state index contributed by atoms with van der Waals surface area (Å²) in [5.41, 5.74) is -0.133. The lowest BCUT2D eigenvalue weighted by Crippen LogP contribution is -2.45. The molecule has 5 heteroatoms. The van der Waals surface area contributed by atoms with Gasteiger partial charge in [-0.3, -0.25) is 4.90 Å². The zero-order chi connectivity index (χ0) is 15.3. The summed E-state index contributed by atoms with van der Waals surface area (Å²) in [6.45, 7) is 6.87. The van der Waals surface area contributed by atoms with Crippen molar-refractivity contribution in [2.24, 2.45) is 0 Å². The highest BCUT2D eigenvalue weighted by atomic mass is 19.4. The van der Waals surface area contributed by atoms with E-state index in [4.69, 9.17) is 0 Å². The third-order valence-electron chi connectivity index (χ3n) is 3.86. The molecule has 0 unspecified atom stereocenters. The summed E-state index contributed by atoms with van der Waals surface area (Å²) in [4.78, 5) is 2.14. The van der Waals surface area contributed by atoms with E-state index in [2.05, 4.69) is 16.8 Å². The Kier molecular flexibility index (Phi) is 5.42. The van der Waals surface area contributed by atoms with Crippen LogP contribution in [0.1, 0.15) is 30.0 Å². The lowest BCUT2D eigenvalue weighted by molar-refractivity contribution is -0.138. The van der Waals surface area contributed by atoms with Gasteiger partial charge < -0.3 is 5.32 Å². The van der Waals surface area contributed by atoms with Gasteiger partial charge >= 0.3 is 6.18 Å².